The number of aromatic nitrogens is 2. The lowest BCUT2D eigenvalue weighted by Crippen LogP contribution is -2.34. The molecule has 1 aliphatic heterocycles. The Kier molecular flexibility index (Phi) is 4.88. The van der Waals surface area contributed by atoms with Crippen LogP contribution in [0.3, 0.4) is 0 Å². The van der Waals surface area contributed by atoms with Crippen molar-refractivity contribution in [3.63, 3.8) is 0 Å². The highest BCUT2D eigenvalue weighted by molar-refractivity contribution is 5.89. The Balaban J connectivity index is 1.84. The van der Waals surface area contributed by atoms with Gasteiger partial charge in [0, 0.05) is 25.7 Å². The molecule has 1 aromatic heterocycles. The predicted octanol–water partition coefficient (Wildman–Crippen LogP) is 0.906. The third-order valence-corrected chi connectivity index (χ3v) is 3.45. The molecule has 21 heavy (non-hydrogen) atoms. The zero-order chi connectivity index (χ0) is 15.4. The van der Waals surface area contributed by atoms with Gasteiger partial charge in [0.2, 0.25) is 11.8 Å². The van der Waals surface area contributed by atoms with Gasteiger partial charge in [-0.2, -0.15) is 0 Å². The molecule has 0 spiro atoms. The summed E-state index contributed by atoms with van der Waals surface area (Å²) in [6.45, 7) is 7.58. The van der Waals surface area contributed by atoms with E-state index in [1.807, 2.05) is 6.92 Å². The summed E-state index contributed by atoms with van der Waals surface area (Å²) in [5.41, 5.74) is 1.56. The molecule has 0 unspecified atom stereocenters. The fourth-order valence-electron chi connectivity index (χ4n) is 2.40. The molecule has 1 aliphatic rings. The minimum absolute atomic E-state index is 0.0685. The van der Waals surface area contributed by atoms with Crippen LogP contribution in [0.15, 0.2) is 12.4 Å². The van der Waals surface area contributed by atoms with Gasteiger partial charge >= 0.3 is 0 Å². The highest BCUT2D eigenvalue weighted by atomic mass is 16.2. The molecule has 2 rings (SSSR count). The summed E-state index contributed by atoms with van der Waals surface area (Å²) in [4.78, 5) is 34.1. The number of rotatable bonds is 5. The van der Waals surface area contributed by atoms with Gasteiger partial charge in [-0.15, -0.1) is 0 Å². The van der Waals surface area contributed by atoms with Crippen LogP contribution in [-0.2, 0) is 16.1 Å². The third kappa shape index (κ3) is 4.24. The smallest absolute Gasteiger partial charge is 0.225 e. The van der Waals surface area contributed by atoms with Gasteiger partial charge in [-0.25, -0.2) is 0 Å². The van der Waals surface area contributed by atoms with E-state index in [9.17, 15) is 9.59 Å². The fraction of sp³-hybridized carbons (Fsp3) is 0.600. The van der Waals surface area contributed by atoms with Gasteiger partial charge in [0.25, 0.3) is 0 Å². The van der Waals surface area contributed by atoms with E-state index >= 15 is 0 Å². The van der Waals surface area contributed by atoms with E-state index < -0.39 is 0 Å². The Morgan fingerprint density at radius 2 is 2.19 bits per heavy atom. The van der Waals surface area contributed by atoms with Crippen molar-refractivity contribution in [2.24, 2.45) is 11.8 Å². The van der Waals surface area contributed by atoms with Crippen LogP contribution >= 0.6 is 0 Å². The van der Waals surface area contributed by atoms with Crippen molar-refractivity contribution in [3.8, 4) is 0 Å². The van der Waals surface area contributed by atoms with E-state index in [-0.39, 0.29) is 17.7 Å². The number of aryl methyl sites for hydroxylation is 1. The van der Waals surface area contributed by atoms with Crippen LogP contribution in [0, 0.1) is 18.8 Å². The molecule has 1 saturated heterocycles. The lowest BCUT2D eigenvalue weighted by atomic mass is 10.1. The minimum atomic E-state index is -0.255. The van der Waals surface area contributed by atoms with Crippen LogP contribution in [0.4, 0.5) is 0 Å². The fourth-order valence-corrected chi connectivity index (χ4v) is 2.40. The summed E-state index contributed by atoms with van der Waals surface area (Å²) < 4.78 is 0. The van der Waals surface area contributed by atoms with Gasteiger partial charge in [0.15, 0.2) is 0 Å². The maximum Gasteiger partial charge on any atom is 0.225 e. The molecule has 0 aromatic carbocycles. The van der Waals surface area contributed by atoms with Crippen molar-refractivity contribution >= 4 is 11.8 Å². The summed E-state index contributed by atoms with van der Waals surface area (Å²) in [5, 5.41) is 2.83. The maximum atomic E-state index is 12.1. The zero-order valence-corrected chi connectivity index (χ0v) is 12.8. The average Bonchev–Trinajstić information content (AvgIpc) is 2.78. The van der Waals surface area contributed by atoms with Crippen LogP contribution in [-0.4, -0.2) is 39.8 Å². The average molecular weight is 290 g/mol. The maximum absolute atomic E-state index is 12.1. The number of hydrogen-bond donors (Lipinski definition) is 1. The van der Waals surface area contributed by atoms with Crippen LogP contribution in [0.25, 0.3) is 0 Å². The van der Waals surface area contributed by atoms with E-state index in [1.54, 1.807) is 17.3 Å². The Morgan fingerprint density at radius 1 is 1.43 bits per heavy atom. The van der Waals surface area contributed by atoms with Gasteiger partial charge in [-0.3, -0.25) is 19.6 Å². The molecule has 0 bridgehead atoms. The molecular weight excluding hydrogens is 268 g/mol. The number of nitrogens with zero attached hydrogens (tertiary/aromatic N) is 3. The summed E-state index contributed by atoms with van der Waals surface area (Å²) >= 11 is 0. The zero-order valence-electron chi connectivity index (χ0n) is 12.8. The highest BCUT2D eigenvalue weighted by Gasteiger charge is 2.34. The van der Waals surface area contributed by atoms with Crippen molar-refractivity contribution in [2.75, 3.05) is 13.1 Å². The lowest BCUT2D eigenvalue weighted by molar-refractivity contribution is -0.129. The second-order valence-corrected chi connectivity index (χ2v) is 5.96. The molecule has 1 atom stereocenters. The largest absolute Gasteiger partial charge is 0.350 e. The molecule has 1 N–H and O–H groups in total. The predicted molar refractivity (Wildman–Crippen MR) is 78.1 cm³/mol. The van der Waals surface area contributed by atoms with E-state index in [0.29, 0.717) is 32.0 Å². The first-order valence-electron chi connectivity index (χ1n) is 7.28. The number of amides is 2. The molecular formula is C15H22N4O2. The summed E-state index contributed by atoms with van der Waals surface area (Å²) in [5.74, 6) is 0.143. The van der Waals surface area contributed by atoms with Crippen molar-refractivity contribution in [2.45, 2.75) is 33.7 Å². The van der Waals surface area contributed by atoms with Gasteiger partial charge in [0.1, 0.15) is 0 Å². The molecule has 1 fully saturated rings. The number of nitrogens with one attached hydrogen (secondary N) is 1. The summed E-state index contributed by atoms with van der Waals surface area (Å²) in [6, 6.07) is 0. The Morgan fingerprint density at radius 3 is 2.81 bits per heavy atom. The molecule has 6 heteroatoms. The monoisotopic (exact) mass is 290 g/mol. The number of carbonyl (C=O) groups excluding carboxylic acids is 2. The standard InChI is InChI=1S/C15H22N4O2/c1-10(2)8-19-9-12(4-14(19)20)15(21)18-7-13-6-16-11(3)5-17-13/h5-6,10,12H,4,7-9H2,1-3H3,(H,18,21)/t12-/m0/s1. The Labute approximate surface area is 125 Å². The first-order chi connectivity index (χ1) is 9.95. The molecule has 2 amide bonds. The van der Waals surface area contributed by atoms with E-state index in [1.165, 1.54) is 0 Å². The van der Waals surface area contributed by atoms with Crippen molar-refractivity contribution in [1.82, 2.24) is 20.2 Å². The molecule has 2 heterocycles. The van der Waals surface area contributed by atoms with Crippen molar-refractivity contribution < 1.29 is 9.59 Å². The third-order valence-electron chi connectivity index (χ3n) is 3.45. The Hall–Kier alpha value is -1.98. The van der Waals surface area contributed by atoms with Crippen LogP contribution < -0.4 is 5.32 Å². The van der Waals surface area contributed by atoms with Crippen molar-refractivity contribution in [3.05, 3.63) is 23.8 Å². The minimum Gasteiger partial charge on any atom is -0.350 e. The first kappa shape index (κ1) is 15.4. The lowest BCUT2D eigenvalue weighted by Gasteiger charge is -2.18. The molecule has 114 valence electrons. The quantitative estimate of drug-likeness (QED) is 0.874. The molecule has 0 aliphatic carbocycles. The van der Waals surface area contributed by atoms with E-state index in [2.05, 4.69) is 29.1 Å². The summed E-state index contributed by atoms with van der Waals surface area (Å²) in [6.07, 6.45) is 3.63. The molecule has 6 nitrogen and oxygen atoms in total. The SMILES string of the molecule is Cc1cnc(CNC(=O)[C@H]2CC(=O)N(CC(C)C)C2)cn1. The van der Waals surface area contributed by atoms with Gasteiger partial charge in [-0.05, 0) is 12.8 Å². The molecule has 0 saturated carbocycles. The second kappa shape index (κ2) is 6.65. The number of likely N-dealkylation sites (tertiary alicyclic amines) is 1. The first-order valence-corrected chi connectivity index (χ1v) is 7.28. The summed E-state index contributed by atoms with van der Waals surface area (Å²) in [7, 11) is 0. The molecule has 0 radical (unpaired) electrons. The highest BCUT2D eigenvalue weighted by Crippen LogP contribution is 2.19. The van der Waals surface area contributed by atoms with Crippen LogP contribution in [0.5, 0.6) is 0 Å². The Bertz CT molecular complexity index is 513. The van der Waals surface area contributed by atoms with Gasteiger partial charge in [0.05, 0.1) is 30.0 Å². The topological polar surface area (TPSA) is 75.2 Å². The number of hydrogen-bond acceptors (Lipinski definition) is 4. The normalized spacial score (nSPS) is 18.4. The van der Waals surface area contributed by atoms with Crippen LogP contribution in [0.1, 0.15) is 31.7 Å². The van der Waals surface area contributed by atoms with Gasteiger partial charge in [-0.1, -0.05) is 13.8 Å². The van der Waals surface area contributed by atoms with E-state index in [4.69, 9.17) is 0 Å². The molecule has 1 aromatic rings. The van der Waals surface area contributed by atoms with E-state index in [0.717, 1.165) is 11.4 Å². The van der Waals surface area contributed by atoms with Crippen LogP contribution in [0.2, 0.25) is 0 Å². The van der Waals surface area contributed by atoms with Gasteiger partial charge < -0.3 is 10.2 Å². The second-order valence-electron chi connectivity index (χ2n) is 5.96. The van der Waals surface area contributed by atoms with Crippen molar-refractivity contribution in [1.29, 1.82) is 0 Å². The number of carbonyl (C=O) groups is 2.